The van der Waals surface area contributed by atoms with Crippen LogP contribution >= 0.6 is 0 Å². The van der Waals surface area contributed by atoms with E-state index in [1.165, 1.54) is 0 Å². The van der Waals surface area contributed by atoms with Gasteiger partial charge in [-0.05, 0) is 26.0 Å². The minimum Gasteiger partial charge on any atom is -0.335 e. The largest absolute Gasteiger partial charge is 0.335 e. The number of pyridine rings is 1. The van der Waals surface area contributed by atoms with Crippen LogP contribution in [-0.4, -0.2) is 20.3 Å². The summed E-state index contributed by atoms with van der Waals surface area (Å²) in [4.78, 5) is 20.4. The lowest BCUT2D eigenvalue weighted by molar-refractivity contribution is 0.0989. The maximum Gasteiger partial charge on any atom is 0.172 e. The molecule has 4 nitrogen and oxygen atoms in total. The van der Waals surface area contributed by atoms with Gasteiger partial charge in [-0.15, -0.1) is 0 Å². The zero-order valence-electron chi connectivity index (χ0n) is 10.1. The molecule has 2 aromatic heterocycles. The van der Waals surface area contributed by atoms with E-state index in [-0.39, 0.29) is 5.78 Å². The number of aromatic nitrogens is 3. The highest BCUT2D eigenvalue weighted by atomic mass is 16.1. The van der Waals surface area contributed by atoms with Gasteiger partial charge < -0.3 is 4.57 Å². The number of aryl methyl sites for hydroxylation is 2. The number of carbonyl (C=O) groups excluding carboxylic acids is 1. The summed E-state index contributed by atoms with van der Waals surface area (Å²) in [6.45, 7) is 4.71. The SMILES string of the molecule is CCn1ccnc1CC(=O)c1cccnc1C. The first-order valence-electron chi connectivity index (χ1n) is 5.67. The molecule has 0 aliphatic rings. The van der Waals surface area contributed by atoms with Crippen molar-refractivity contribution in [1.82, 2.24) is 14.5 Å². The van der Waals surface area contributed by atoms with Crippen LogP contribution < -0.4 is 0 Å². The number of carbonyl (C=O) groups is 1. The summed E-state index contributed by atoms with van der Waals surface area (Å²) in [5.41, 5.74) is 1.45. The van der Waals surface area contributed by atoms with Crippen LogP contribution in [0.15, 0.2) is 30.7 Å². The van der Waals surface area contributed by atoms with Gasteiger partial charge in [-0.2, -0.15) is 0 Å². The van der Waals surface area contributed by atoms with Crippen LogP contribution in [0.2, 0.25) is 0 Å². The highest BCUT2D eigenvalue weighted by Crippen LogP contribution is 2.09. The number of imidazole rings is 1. The second kappa shape index (κ2) is 4.91. The summed E-state index contributed by atoms with van der Waals surface area (Å²) in [7, 11) is 0. The van der Waals surface area contributed by atoms with Gasteiger partial charge in [0.2, 0.25) is 0 Å². The maximum absolute atomic E-state index is 12.1. The van der Waals surface area contributed by atoms with Crippen LogP contribution in [0, 0.1) is 6.92 Å². The molecule has 2 aromatic rings. The topological polar surface area (TPSA) is 47.8 Å². The molecular weight excluding hydrogens is 214 g/mol. The van der Waals surface area contributed by atoms with E-state index in [0.717, 1.165) is 18.1 Å². The molecule has 0 saturated carbocycles. The fourth-order valence-electron chi connectivity index (χ4n) is 1.81. The zero-order chi connectivity index (χ0) is 12.3. The van der Waals surface area contributed by atoms with E-state index >= 15 is 0 Å². The monoisotopic (exact) mass is 229 g/mol. The third-order valence-corrected chi connectivity index (χ3v) is 2.77. The van der Waals surface area contributed by atoms with Crippen LogP contribution in [0.3, 0.4) is 0 Å². The van der Waals surface area contributed by atoms with Gasteiger partial charge in [-0.25, -0.2) is 4.98 Å². The van der Waals surface area contributed by atoms with Crippen LogP contribution in [-0.2, 0) is 13.0 Å². The van der Waals surface area contributed by atoms with Gasteiger partial charge in [0.25, 0.3) is 0 Å². The zero-order valence-corrected chi connectivity index (χ0v) is 10.1. The normalized spacial score (nSPS) is 10.5. The molecule has 2 rings (SSSR count). The van der Waals surface area contributed by atoms with Crippen LogP contribution in [0.5, 0.6) is 0 Å². The highest BCUT2D eigenvalue weighted by molar-refractivity contribution is 5.98. The maximum atomic E-state index is 12.1. The Hall–Kier alpha value is -1.97. The molecule has 0 fully saturated rings. The van der Waals surface area contributed by atoms with Gasteiger partial charge in [0.05, 0.1) is 6.42 Å². The van der Waals surface area contributed by atoms with E-state index in [2.05, 4.69) is 9.97 Å². The van der Waals surface area contributed by atoms with Crippen LogP contribution in [0.1, 0.15) is 28.8 Å². The summed E-state index contributed by atoms with van der Waals surface area (Å²) in [5.74, 6) is 0.872. The lowest BCUT2D eigenvalue weighted by Crippen LogP contribution is -2.11. The van der Waals surface area contributed by atoms with Crippen molar-refractivity contribution in [3.8, 4) is 0 Å². The molecule has 0 saturated heterocycles. The number of hydrogen-bond acceptors (Lipinski definition) is 3. The molecule has 4 heteroatoms. The molecule has 0 atom stereocenters. The molecule has 0 aromatic carbocycles. The first kappa shape index (κ1) is 11.5. The smallest absolute Gasteiger partial charge is 0.172 e. The van der Waals surface area contributed by atoms with Crippen molar-refractivity contribution in [1.29, 1.82) is 0 Å². The second-order valence-electron chi connectivity index (χ2n) is 3.87. The van der Waals surface area contributed by atoms with Crippen LogP contribution in [0.25, 0.3) is 0 Å². The Bertz CT molecular complexity index is 531. The third-order valence-electron chi connectivity index (χ3n) is 2.77. The first-order chi connectivity index (χ1) is 8.22. The summed E-state index contributed by atoms with van der Waals surface area (Å²) < 4.78 is 1.98. The number of nitrogens with zero attached hydrogens (tertiary/aromatic N) is 3. The average Bonchev–Trinajstić information content (AvgIpc) is 2.76. The number of ketones is 1. The Kier molecular flexibility index (Phi) is 3.32. The van der Waals surface area contributed by atoms with Gasteiger partial charge >= 0.3 is 0 Å². The molecule has 0 amide bonds. The summed E-state index contributed by atoms with van der Waals surface area (Å²) in [5, 5.41) is 0. The van der Waals surface area contributed by atoms with Gasteiger partial charge in [0.15, 0.2) is 5.78 Å². The fourth-order valence-corrected chi connectivity index (χ4v) is 1.81. The predicted molar refractivity (Wildman–Crippen MR) is 64.9 cm³/mol. The highest BCUT2D eigenvalue weighted by Gasteiger charge is 2.12. The summed E-state index contributed by atoms with van der Waals surface area (Å²) in [6, 6.07) is 3.59. The van der Waals surface area contributed by atoms with E-state index in [4.69, 9.17) is 0 Å². The molecule has 0 spiro atoms. The van der Waals surface area contributed by atoms with Crippen molar-refractivity contribution in [2.45, 2.75) is 26.8 Å². The molecule has 88 valence electrons. The Labute approximate surface area is 100 Å². The van der Waals surface area contributed by atoms with E-state index < -0.39 is 0 Å². The summed E-state index contributed by atoms with van der Waals surface area (Å²) in [6.07, 6.45) is 5.63. The average molecular weight is 229 g/mol. The second-order valence-corrected chi connectivity index (χ2v) is 3.87. The number of Topliss-reactive ketones (excluding diaryl/α,β-unsaturated/α-hetero) is 1. The van der Waals surface area contributed by atoms with E-state index in [9.17, 15) is 4.79 Å². The van der Waals surface area contributed by atoms with Crippen molar-refractivity contribution in [2.24, 2.45) is 0 Å². The standard InChI is InChI=1S/C13H15N3O/c1-3-16-8-7-15-13(16)9-12(17)11-5-4-6-14-10(11)2/h4-8H,3,9H2,1-2H3. The lowest BCUT2D eigenvalue weighted by atomic mass is 10.1. The summed E-state index contributed by atoms with van der Waals surface area (Å²) >= 11 is 0. The molecule has 0 unspecified atom stereocenters. The Morgan fingerprint density at radius 1 is 1.35 bits per heavy atom. The molecular formula is C13H15N3O. The van der Waals surface area contributed by atoms with Crippen molar-refractivity contribution in [3.05, 3.63) is 47.8 Å². The predicted octanol–water partition coefficient (Wildman–Crippen LogP) is 2.03. The molecule has 0 bridgehead atoms. The molecule has 0 N–H and O–H groups in total. The van der Waals surface area contributed by atoms with E-state index in [0.29, 0.717) is 12.0 Å². The number of hydrogen-bond donors (Lipinski definition) is 0. The molecule has 0 radical (unpaired) electrons. The van der Waals surface area contributed by atoms with Crippen molar-refractivity contribution >= 4 is 5.78 Å². The van der Waals surface area contributed by atoms with Crippen LogP contribution in [0.4, 0.5) is 0 Å². The minimum atomic E-state index is 0.0662. The Morgan fingerprint density at radius 3 is 2.88 bits per heavy atom. The molecule has 0 aliphatic heterocycles. The number of rotatable bonds is 4. The van der Waals surface area contributed by atoms with Crippen molar-refractivity contribution in [2.75, 3.05) is 0 Å². The van der Waals surface area contributed by atoms with Gasteiger partial charge in [0, 0.05) is 36.4 Å². The molecule has 0 aliphatic carbocycles. The van der Waals surface area contributed by atoms with E-state index in [1.807, 2.05) is 30.7 Å². The minimum absolute atomic E-state index is 0.0662. The fraction of sp³-hybridized carbons (Fsp3) is 0.308. The lowest BCUT2D eigenvalue weighted by Gasteiger charge is -2.05. The van der Waals surface area contributed by atoms with Gasteiger partial charge in [0.1, 0.15) is 5.82 Å². The molecule has 17 heavy (non-hydrogen) atoms. The first-order valence-corrected chi connectivity index (χ1v) is 5.67. The van der Waals surface area contributed by atoms with Crippen molar-refractivity contribution in [3.63, 3.8) is 0 Å². The Morgan fingerprint density at radius 2 is 2.18 bits per heavy atom. The Balaban J connectivity index is 2.20. The molecule has 2 heterocycles. The van der Waals surface area contributed by atoms with E-state index in [1.54, 1.807) is 18.5 Å². The third kappa shape index (κ3) is 2.41. The van der Waals surface area contributed by atoms with Gasteiger partial charge in [-0.1, -0.05) is 0 Å². The quantitative estimate of drug-likeness (QED) is 0.754. The van der Waals surface area contributed by atoms with Gasteiger partial charge in [-0.3, -0.25) is 9.78 Å². The van der Waals surface area contributed by atoms with Crippen molar-refractivity contribution < 1.29 is 4.79 Å².